The molecule has 88 valence electrons. The molecule has 3 N–H and O–H groups in total. The minimum atomic E-state index is -0.435. The standard InChI is InChI=1S/C12H18N2O2/c1-14-12(15)16-9-11(13)8-7-10-5-3-2-4-6-10/h2-6,11H,7-9,13H2,1H3,(H,14,15). The van der Waals surface area contributed by atoms with Gasteiger partial charge in [-0.05, 0) is 18.4 Å². The van der Waals surface area contributed by atoms with Crippen molar-refractivity contribution in [3.8, 4) is 0 Å². The quantitative estimate of drug-likeness (QED) is 0.789. The zero-order chi connectivity index (χ0) is 11.8. The SMILES string of the molecule is CNC(=O)OCC(N)CCc1ccccc1. The van der Waals surface area contributed by atoms with Gasteiger partial charge in [0.1, 0.15) is 6.61 Å². The molecule has 0 bridgehead atoms. The zero-order valence-corrected chi connectivity index (χ0v) is 9.48. The number of amides is 1. The van der Waals surface area contributed by atoms with E-state index in [-0.39, 0.29) is 12.6 Å². The van der Waals surface area contributed by atoms with Gasteiger partial charge >= 0.3 is 6.09 Å². The largest absolute Gasteiger partial charge is 0.448 e. The second-order valence-electron chi connectivity index (χ2n) is 3.63. The molecule has 1 amide bonds. The summed E-state index contributed by atoms with van der Waals surface area (Å²) in [6.07, 6.45) is 1.27. The highest BCUT2D eigenvalue weighted by Gasteiger charge is 2.06. The Bertz CT molecular complexity index is 314. The molecule has 0 spiro atoms. The molecule has 0 saturated heterocycles. The lowest BCUT2D eigenvalue weighted by atomic mass is 10.1. The van der Waals surface area contributed by atoms with E-state index >= 15 is 0 Å². The maximum atomic E-state index is 10.8. The molecule has 0 saturated carbocycles. The third kappa shape index (κ3) is 4.79. The lowest BCUT2D eigenvalue weighted by Gasteiger charge is -2.11. The summed E-state index contributed by atoms with van der Waals surface area (Å²) in [5.41, 5.74) is 7.07. The normalized spacial score (nSPS) is 11.9. The smallest absolute Gasteiger partial charge is 0.406 e. The second kappa shape index (κ2) is 6.85. The first-order chi connectivity index (χ1) is 7.72. The third-order valence-corrected chi connectivity index (χ3v) is 2.28. The first kappa shape index (κ1) is 12.5. The minimum absolute atomic E-state index is 0.113. The molecule has 0 aliphatic heterocycles. The van der Waals surface area contributed by atoms with Crippen molar-refractivity contribution in [2.45, 2.75) is 18.9 Å². The van der Waals surface area contributed by atoms with E-state index in [9.17, 15) is 4.79 Å². The Morgan fingerprint density at radius 2 is 2.12 bits per heavy atom. The number of alkyl carbamates (subject to hydrolysis) is 1. The van der Waals surface area contributed by atoms with Crippen LogP contribution in [0.25, 0.3) is 0 Å². The Morgan fingerprint density at radius 1 is 1.44 bits per heavy atom. The molecule has 0 heterocycles. The maximum absolute atomic E-state index is 10.8. The summed E-state index contributed by atoms with van der Waals surface area (Å²) in [4.78, 5) is 10.8. The number of aryl methyl sites for hydroxylation is 1. The highest BCUT2D eigenvalue weighted by atomic mass is 16.5. The molecule has 0 fully saturated rings. The van der Waals surface area contributed by atoms with E-state index in [0.717, 1.165) is 12.8 Å². The summed E-state index contributed by atoms with van der Waals surface area (Å²) in [7, 11) is 1.53. The van der Waals surface area contributed by atoms with Crippen LogP contribution in [0.2, 0.25) is 0 Å². The Balaban J connectivity index is 2.20. The van der Waals surface area contributed by atoms with Gasteiger partial charge in [0.25, 0.3) is 0 Å². The number of ether oxygens (including phenoxy) is 1. The van der Waals surface area contributed by atoms with Crippen molar-refractivity contribution in [1.29, 1.82) is 0 Å². The molecule has 0 aromatic heterocycles. The van der Waals surface area contributed by atoms with Gasteiger partial charge in [-0.1, -0.05) is 30.3 Å². The molecule has 16 heavy (non-hydrogen) atoms. The molecule has 4 heteroatoms. The van der Waals surface area contributed by atoms with E-state index in [1.165, 1.54) is 12.6 Å². The fraction of sp³-hybridized carbons (Fsp3) is 0.417. The molecular weight excluding hydrogens is 204 g/mol. The van der Waals surface area contributed by atoms with Crippen LogP contribution in [0.15, 0.2) is 30.3 Å². The van der Waals surface area contributed by atoms with Crippen LogP contribution in [0.3, 0.4) is 0 Å². The summed E-state index contributed by atoms with van der Waals surface area (Å²) >= 11 is 0. The summed E-state index contributed by atoms with van der Waals surface area (Å²) in [5.74, 6) is 0. The van der Waals surface area contributed by atoms with Crippen molar-refractivity contribution in [2.24, 2.45) is 5.73 Å². The Labute approximate surface area is 95.8 Å². The number of benzene rings is 1. The first-order valence-electron chi connectivity index (χ1n) is 5.36. The van der Waals surface area contributed by atoms with Crippen molar-refractivity contribution in [2.75, 3.05) is 13.7 Å². The van der Waals surface area contributed by atoms with Gasteiger partial charge in [0.15, 0.2) is 0 Å². The lowest BCUT2D eigenvalue weighted by Crippen LogP contribution is -2.31. The number of nitrogens with two attached hydrogens (primary N) is 1. The van der Waals surface area contributed by atoms with Gasteiger partial charge in [0.2, 0.25) is 0 Å². The van der Waals surface area contributed by atoms with Crippen LogP contribution >= 0.6 is 0 Å². The van der Waals surface area contributed by atoms with Crippen molar-refractivity contribution in [3.05, 3.63) is 35.9 Å². The van der Waals surface area contributed by atoms with Crippen LogP contribution in [-0.4, -0.2) is 25.8 Å². The number of hydrogen-bond donors (Lipinski definition) is 2. The van der Waals surface area contributed by atoms with Crippen molar-refractivity contribution >= 4 is 6.09 Å². The van der Waals surface area contributed by atoms with E-state index < -0.39 is 6.09 Å². The Hall–Kier alpha value is -1.55. The summed E-state index contributed by atoms with van der Waals surface area (Å²) in [6.45, 7) is 0.256. The monoisotopic (exact) mass is 222 g/mol. The molecule has 1 aromatic carbocycles. The van der Waals surface area contributed by atoms with Gasteiger partial charge < -0.3 is 15.8 Å². The van der Waals surface area contributed by atoms with Gasteiger partial charge in [-0.3, -0.25) is 0 Å². The number of rotatable bonds is 5. The molecule has 0 aliphatic rings. The highest BCUT2D eigenvalue weighted by Crippen LogP contribution is 2.04. The molecule has 0 radical (unpaired) electrons. The van der Waals surface area contributed by atoms with Gasteiger partial charge in [-0.25, -0.2) is 4.79 Å². The average Bonchev–Trinajstić information content (AvgIpc) is 2.34. The number of hydrogen-bond acceptors (Lipinski definition) is 3. The van der Waals surface area contributed by atoms with Crippen LogP contribution < -0.4 is 11.1 Å². The van der Waals surface area contributed by atoms with Crippen LogP contribution in [0.1, 0.15) is 12.0 Å². The van der Waals surface area contributed by atoms with Crippen LogP contribution in [0.4, 0.5) is 4.79 Å². The third-order valence-electron chi connectivity index (χ3n) is 2.28. The molecule has 1 rings (SSSR count). The molecule has 0 aliphatic carbocycles. The molecule has 1 unspecified atom stereocenters. The van der Waals surface area contributed by atoms with Gasteiger partial charge in [0.05, 0.1) is 0 Å². The highest BCUT2D eigenvalue weighted by molar-refractivity contribution is 5.66. The topological polar surface area (TPSA) is 64.3 Å². The van der Waals surface area contributed by atoms with Crippen molar-refractivity contribution in [3.63, 3.8) is 0 Å². The Kier molecular flexibility index (Phi) is 5.36. The van der Waals surface area contributed by atoms with E-state index in [4.69, 9.17) is 10.5 Å². The second-order valence-corrected chi connectivity index (χ2v) is 3.63. The average molecular weight is 222 g/mol. The van der Waals surface area contributed by atoms with Crippen LogP contribution in [0.5, 0.6) is 0 Å². The molecule has 1 atom stereocenters. The number of carbonyl (C=O) groups is 1. The van der Waals surface area contributed by atoms with Crippen molar-refractivity contribution in [1.82, 2.24) is 5.32 Å². The van der Waals surface area contributed by atoms with E-state index in [1.807, 2.05) is 18.2 Å². The first-order valence-corrected chi connectivity index (χ1v) is 5.36. The van der Waals surface area contributed by atoms with Gasteiger partial charge in [0, 0.05) is 13.1 Å². The van der Waals surface area contributed by atoms with E-state index in [1.54, 1.807) is 0 Å². The summed E-state index contributed by atoms with van der Waals surface area (Å²) in [5, 5.41) is 2.38. The van der Waals surface area contributed by atoms with Crippen LogP contribution in [-0.2, 0) is 11.2 Å². The predicted octanol–water partition coefficient (Wildman–Crippen LogP) is 1.30. The predicted molar refractivity (Wildman–Crippen MR) is 63.1 cm³/mol. The fourth-order valence-corrected chi connectivity index (χ4v) is 1.33. The summed E-state index contributed by atoms with van der Waals surface area (Å²) < 4.78 is 4.87. The van der Waals surface area contributed by atoms with Crippen molar-refractivity contribution < 1.29 is 9.53 Å². The molecular formula is C12H18N2O2. The van der Waals surface area contributed by atoms with E-state index in [2.05, 4.69) is 17.4 Å². The number of nitrogens with one attached hydrogen (secondary N) is 1. The molecule has 4 nitrogen and oxygen atoms in total. The van der Waals surface area contributed by atoms with E-state index in [0.29, 0.717) is 0 Å². The minimum Gasteiger partial charge on any atom is -0.448 e. The number of carbonyl (C=O) groups excluding carboxylic acids is 1. The maximum Gasteiger partial charge on any atom is 0.406 e. The molecule has 1 aromatic rings. The fourth-order valence-electron chi connectivity index (χ4n) is 1.33. The van der Waals surface area contributed by atoms with Gasteiger partial charge in [-0.15, -0.1) is 0 Å². The summed E-state index contributed by atoms with van der Waals surface area (Å²) in [6, 6.07) is 10.00. The van der Waals surface area contributed by atoms with Crippen LogP contribution in [0, 0.1) is 0 Å². The Morgan fingerprint density at radius 3 is 2.75 bits per heavy atom. The lowest BCUT2D eigenvalue weighted by molar-refractivity contribution is 0.140. The zero-order valence-electron chi connectivity index (χ0n) is 9.48. The van der Waals surface area contributed by atoms with Gasteiger partial charge in [-0.2, -0.15) is 0 Å².